The zero-order valence-corrected chi connectivity index (χ0v) is 13.6. The number of halogens is 2. The summed E-state index contributed by atoms with van der Waals surface area (Å²) >= 11 is 11.6. The molecule has 0 aromatic heterocycles. The third-order valence-electron chi connectivity index (χ3n) is 2.77. The Morgan fingerprint density at radius 2 is 1.96 bits per heavy atom. The monoisotopic (exact) mass is 367 g/mol. The van der Waals surface area contributed by atoms with Gasteiger partial charge in [0.1, 0.15) is 5.75 Å². The van der Waals surface area contributed by atoms with Crippen molar-refractivity contribution in [3.8, 4) is 5.75 Å². The summed E-state index contributed by atoms with van der Waals surface area (Å²) in [6, 6.07) is 10.4. The summed E-state index contributed by atoms with van der Waals surface area (Å²) in [5.41, 5.74) is 2.42. The predicted octanol–water partition coefficient (Wildman–Crippen LogP) is 3.43. The molecule has 124 valence electrons. The number of nitro benzene ring substituents is 1. The summed E-state index contributed by atoms with van der Waals surface area (Å²) < 4.78 is 5.24. The number of nitrogens with one attached hydrogen (secondary N) is 1. The number of nitro groups is 1. The van der Waals surface area contributed by atoms with Crippen LogP contribution >= 0.6 is 23.2 Å². The van der Waals surface area contributed by atoms with E-state index in [2.05, 4.69) is 10.5 Å². The number of hydrogen-bond donors (Lipinski definition) is 1. The van der Waals surface area contributed by atoms with E-state index in [0.29, 0.717) is 16.3 Å². The number of non-ortho nitro benzene ring substituents is 1. The van der Waals surface area contributed by atoms with Crippen molar-refractivity contribution in [1.29, 1.82) is 0 Å². The molecule has 0 heterocycles. The third kappa shape index (κ3) is 5.22. The van der Waals surface area contributed by atoms with Gasteiger partial charge in [-0.05, 0) is 30.3 Å². The van der Waals surface area contributed by atoms with Crippen LogP contribution in [-0.2, 0) is 4.79 Å². The van der Waals surface area contributed by atoms with Crippen molar-refractivity contribution in [2.24, 2.45) is 5.10 Å². The minimum Gasteiger partial charge on any atom is -0.484 e. The molecule has 1 amide bonds. The summed E-state index contributed by atoms with van der Waals surface area (Å²) in [6.07, 6.45) is 1.22. The highest BCUT2D eigenvalue weighted by molar-refractivity contribution is 6.33. The first-order chi connectivity index (χ1) is 11.5. The standard InChI is InChI=1S/C15H11Cl2N3O4/c16-11-1-4-13(5-2-11)24-9-15(21)19-18-8-10-7-12(20(22)23)3-6-14(10)17/h1-8H,9H2,(H,19,21). The van der Waals surface area contributed by atoms with Crippen molar-refractivity contribution >= 4 is 41.0 Å². The second-order valence-corrected chi connectivity index (χ2v) is 5.34. The zero-order valence-electron chi connectivity index (χ0n) is 12.1. The van der Waals surface area contributed by atoms with Crippen molar-refractivity contribution in [3.05, 3.63) is 68.2 Å². The van der Waals surface area contributed by atoms with E-state index >= 15 is 0 Å². The Labute approximate surface area is 147 Å². The van der Waals surface area contributed by atoms with E-state index in [1.54, 1.807) is 24.3 Å². The van der Waals surface area contributed by atoms with Gasteiger partial charge in [-0.2, -0.15) is 5.10 Å². The number of hydrogen-bond acceptors (Lipinski definition) is 5. The summed E-state index contributed by atoms with van der Waals surface area (Å²) in [5.74, 6) is -0.0111. The largest absolute Gasteiger partial charge is 0.484 e. The Balaban J connectivity index is 1.89. The van der Waals surface area contributed by atoms with Crippen LogP contribution in [0.3, 0.4) is 0 Å². The molecule has 2 aromatic rings. The second kappa shape index (κ2) is 8.28. The van der Waals surface area contributed by atoms with Gasteiger partial charge in [0.25, 0.3) is 11.6 Å². The summed E-state index contributed by atoms with van der Waals surface area (Å²) in [7, 11) is 0. The Hall–Kier alpha value is -2.64. The number of hydrazone groups is 1. The molecular formula is C15H11Cl2N3O4. The minimum absolute atomic E-state index is 0.127. The molecule has 9 heteroatoms. The van der Waals surface area contributed by atoms with Crippen LogP contribution in [0.2, 0.25) is 10.0 Å². The summed E-state index contributed by atoms with van der Waals surface area (Å²) in [5, 5.41) is 15.2. The lowest BCUT2D eigenvalue weighted by molar-refractivity contribution is -0.384. The van der Waals surface area contributed by atoms with Gasteiger partial charge < -0.3 is 4.74 Å². The molecule has 2 rings (SSSR count). The van der Waals surface area contributed by atoms with E-state index < -0.39 is 10.8 Å². The Morgan fingerprint density at radius 1 is 1.25 bits per heavy atom. The molecule has 0 fully saturated rings. The first kappa shape index (κ1) is 17.7. The van der Waals surface area contributed by atoms with Gasteiger partial charge in [-0.15, -0.1) is 0 Å². The number of rotatable bonds is 6. The number of benzene rings is 2. The van der Waals surface area contributed by atoms with Crippen molar-refractivity contribution in [2.75, 3.05) is 6.61 Å². The molecule has 0 saturated carbocycles. The normalized spacial score (nSPS) is 10.6. The molecule has 0 aliphatic carbocycles. The topological polar surface area (TPSA) is 93.8 Å². The molecule has 0 aliphatic rings. The van der Waals surface area contributed by atoms with Gasteiger partial charge in [0.05, 0.1) is 11.1 Å². The van der Waals surface area contributed by atoms with Crippen LogP contribution in [0, 0.1) is 10.1 Å². The quantitative estimate of drug-likeness (QED) is 0.480. The molecule has 0 atom stereocenters. The van der Waals surface area contributed by atoms with Crippen LogP contribution < -0.4 is 10.2 Å². The number of carbonyl (C=O) groups excluding carboxylic acids is 1. The van der Waals surface area contributed by atoms with E-state index in [1.165, 1.54) is 24.4 Å². The fraction of sp³-hybridized carbons (Fsp3) is 0.0667. The maximum atomic E-state index is 11.6. The maximum Gasteiger partial charge on any atom is 0.277 e. The molecule has 0 aliphatic heterocycles. The van der Waals surface area contributed by atoms with Crippen LogP contribution in [0.5, 0.6) is 5.75 Å². The van der Waals surface area contributed by atoms with Crippen LogP contribution in [0.4, 0.5) is 5.69 Å². The number of ether oxygens (including phenoxy) is 1. The molecule has 24 heavy (non-hydrogen) atoms. The first-order valence-corrected chi connectivity index (χ1v) is 7.35. The molecule has 0 radical (unpaired) electrons. The summed E-state index contributed by atoms with van der Waals surface area (Å²) in [4.78, 5) is 21.8. The van der Waals surface area contributed by atoms with Crippen molar-refractivity contribution in [1.82, 2.24) is 5.43 Å². The maximum absolute atomic E-state index is 11.6. The Morgan fingerprint density at radius 3 is 2.62 bits per heavy atom. The lowest BCUT2D eigenvalue weighted by Gasteiger charge is -2.04. The van der Waals surface area contributed by atoms with Crippen molar-refractivity contribution < 1.29 is 14.5 Å². The number of carbonyl (C=O) groups is 1. The van der Waals surface area contributed by atoms with E-state index in [4.69, 9.17) is 27.9 Å². The van der Waals surface area contributed by atoms with E-state index in [-0.39, 0.29) is 17.3 Å². The van der Waals surface area contributed by atoms with Gasteiger partial charge in [0.2, 0.25) is 0 Å². The van der Waals surface area contributed by atoms with Gasteiger partial charge in [-0.1, -0.05) is 23.2 Å². The summed E-state index contributed by atoms with van der Waals surface area (Å²) in [6.45, 7) is -0.248. The van der Waals surface area contributed by atoms with Crippen LogP contribution in [0.1, 0.15) is 5.56 Å². The predicted molar refractivity (Wildman–Crippen MR) is 90.8 cm³/mol. The fourth-order valence-electron chi connectivity index (χ4n) is 1.63. The lowest BCUT2D eigenvalue weighted by Crippen LogP contribution is -2.24. The van der Waals surface area contributed by atoms with Gasteiger partial charge in [0.15, 0.2) is 6.61 Å². The molecule has 2 aromatic carbocycles. The molecule has 7 nitrogen and oxygen atoms in total. The molecular weight excluding hydrogens is 357 g/mol. The molecule has 0 unspecified atom stereocenters. The van der Waals surface area contributed by atoms with Crippen molar-refractivity contribution in [3.63, 3.8) is 0 Å². The molecule has 0 bridgehead atoms. The zero-order chi connectivity index (χ0) is 17.5. The smallest absolute Gasteiger partial charge is 0.277 e. The van der Waals surface area contributed by atoms with Gasteiger partial charge in [-0.25, -0.2) is 5.43 Å². The average Bonchev–Trinajstić information content (AvgIpc) is 2.56. The fourth-order valence-corrected chi connectivity index (χ4v) is 1.92. The van der Waals surface area contributed by atoms with Gasteiger partial charge in [-0.3, -0.25) is 14.9 Å². The van der Waals surface area contributed by atoms with E-state index in [0.717, 1.165) is 0 Å². The Bertz CT molecular complexity index is 779. The molecule has 1 N–H and O–H groups in total. The minimum atomic E-state index is -0.549. The molecule has 0 saturated heterocycles. The number of amides is 1. The Kier molecular flexibility index (Phi) is 6.11. The van der Waals surface area contributed by atoms with Crippen molar-refractivity contribution in [2.45, 2.75) is 0 Å². The lowest BCUT2D eigenvalue weighted by atomic mass is 10.2. The van der Waals surface area contributed by atoms with E-state index in [9.17, 15) is 14.9 Å². The second-order valence-electron chi connectivity index (χ2n) is 4.50. The van der Waals surface area contributed by atoms with Crippen LogP contribution in [-0.4, -0.2) is 23.7 Å². The van der Waals surface area contributed by atoms with Crippen LogP contribution in [0.15, 0.2) is 47.6 Å². The third-order valence-corrected chi connectivity index (χ3v) is 3.36. The van der Waals surface area contributed by atoms with Gasteiger partial charge >= 0.3 is 0 Å². The van der Waals surface area contributed by atoms with Gasteiger partial charge in [0, 0.05) is 27.7 Å². The number of nitrogens with zero attached hydrogens (tertiary/aromatic N) is 2. The van der Waals surface area contributed by atoms with E-state index in [1.807, 2.05) is 0 Å². The highest BCUT2D eigenvalue weighted by Crippen LogP contribution is 2.20. The highest BCUT2D eigenvalue weighted by Gasteiger charge is 2.08. The average molecular weight is 368 g/mol. The highest BCUT2D eigenvalue weighted by atomic mass is 35.5. The SMILES string of the molecule is O=C(COc1ccc(Cl)cc1)NN=Cc1cc([N+](=O)[O-])ccc1Cl. The molecule has 0 spiro atoms. The van der Waals surface area contributed by atoms with Crippen LogP contribution in [0.25, 0.3) is 0 Å². The first-order valence-electron chi connectivity index (χ1n) is 6.60.